The van der Waals surface area contributed by atoms with E-state index in [1.54, 1.807) is 7.11 Å². The van der Waals surface area contributed by atoms with Gasteiger partial charge in [0.2, 0.25) is 17.8 Å². The summed E-state index contributed by atoms with van der Waals surface area (Å²) >= 11 is 2.35. The number of aromatic nitrogens is 3. The predicted octanol–water partition coefficient (Wildman–Crippen LogP) is 5.62. The number of benzene rings is 1. The van der Waals surface area contributed by atoms with Crippen molar-refractivity contribution < 1.29 is 4.74 Å². The third kappa shape index (κ3) is 7.07. The van der Waals surface area contributed by atoms with Gasteiger partial charge in [-0.1, -0.05) is 48.3 Å². The molecule has 2 aliphatic rings. The molecule has 0 saturated heterocycles. The minimum Gasteiger partial charge on any atom is -0.496 e. The summed E-state index contributed by atoms with van der Waals surface area (Å²) in [6.07, 6.45) is 12.0. The Hall–Kier alpha value is -1.88. The Labute approximate surface area is 216 Å². The van der Waals surface area contributed by atoms with E-state index in [1.165, 1.54) is 25.7 Å². The zero-order valence-electron chi connectivity index (χ0n) is 20.2. The van der Waals surface area contributed by atoms with Crippen LogP contribution in [0.15, 0.2) is 18.2 Å². The van der Waals surface area contributed by atoms with Crippen LogP contribution < -0.4 is 26.4 Å². The predicted molar refractivity (Wildman–Crippen MR) is 147 cm³/mol. The van der Waals surface area contributed by atoms with E-state index in [2.05, 4.69) is 44.6 Å². The van der Waals surface area contributed by atoms with Gasteiger partial charge in [0.1, 0.15) is 5.75 Å². The zero-order chi connectivity index (χ0) is 23.8. The number of ether oxygens (including phenoxy) is 1. The van der Waals surface area contributed by atoms with Gasteiger partial charge in [-0.25, -0.2) is 0 Å². The summed E-state index contributed by atoms with van der Waals surface area (Å²) in [4.78, 5) is 14.2. The van der Waals surface area contributed by atoms with Gasteiger partial charge < -0.3 is 26.4 Å². The number of nitrogens with one attached hydrogen (secondary N) is 3. The molecule has 0 aliphatic heterocycles. The summed E-state index contributed by atoms with van der Waals surface area (Å²) < 4.78 is 6.33. The maximum absolute atomic E-state index is 5.87. The molecule has 1 aromatic heterocycles. The molecule has 0 atom stereocenters. The molecule has 4 rings (SSSR count). The summed E-state index contributed by atoms with van der Waals surface area (Å²) in [5.74, 6) is 3.36. The largest absolute Gasteiger partial charge is 0.496 e. The average Bonchev–Trinajstić information content (AvgIpc) is 3.13. The van der Waals surface area contributed by atoms with Crippen LogP contribution in [0.4, 0.5) is 23.5 Å². The fourth-order valence-corrected chi connectivity index (χ4v) is 5.58. The van der Waals surface area contributed by atoms with E-state index < -0.39 is 0 Å². The van der Waals surface area contributed by atoms with Crippen LogP contribution in [0, 0.1) is 5.92 Å². The van der Waals surface area contributed by atoms with Crippen molar-refractivity contribution in [3.63, 3.8) is 0 Å². The minimum atomic E-state index is 0.371. The SMILES string of the molecule is COc1ccc(Nc2nc(NC3CCCCCC3)nc(NC3CCC(CN)CC3)n2)cc1CI. The molecule has 186 valence electrons. The molecule has 2 aromatic rings. The van der Waals surface area contributed by atoms with Crippen molar-refractivity contribution in [2.24, 2.45) is 11.7 Å². The third-order valence-corrected chi connectivity index (χ3v) is 7.84. The van der Waals surface area contributed by atoms with Crippen LogP contribution in [0.1, 0.15) is 69.8 Å². The van der Waals surface area contributed by atoms with E-state index in [4.69, 9.17) is 25.4 Å². The number of nitrogens with zero attached hydrogens (tertiary/aromatic N) is 3. The van der Waals surface area contributed by atoms with Crippen LogP contribution >= 0.6 is 22.6 Å². The van der Waals surface area contributed by atoms with Crippen LogP contribution in [0.25, 0.3) is 0 Å². The van der Waals surface area contributed by atoms with Gasteiger partial charge in [-0.3, -0.25) is 0 Å². The number of alkyl halides is 1. The second-order valence-electron chi connectivity index (χ2n) is 9.52. The molecule has 1 heterocycles. The van der Waals surface area contributed by atoms with Gasteiger partial charge >= 0.3 is 0 Å². The van der Waals surface area contributed by atoms with Crippen LogP contribution in [0.3, 0.4) is 0 Å². The number of rotatable bonds is 9. The number of hydrogen-bond acceptors (Lipinski definition) is 8. The average molecular weight is 580 g/mol. The first-order valence-corrected chi connectivity index (χ1v) is 14.2. The van der Waals surface area contributed by atoms with Gasteiger partial charge in [-0.05, 0) is 69.2 Å². The normalized spacial score (nSPS) is 21.5. The highest BCUT2D eigenvalue weighted by Crippen LogP contribution is 2.28. The fraction of sp³-hybridized carbons (Fsp3) is 0.640. The molecular formula is C25H38IN7O. The lowest BCUT2D eigenvalue weighted by Crippen LogP contribution is -2.30. The molecule has 9 heteroatoms. The Bertz CT molecular complexity index is 912. The Morgan fingerprint density at radius 3 is 2.09 bits per heavy atom. The van der Waals surface area contributed by atoms with Gasteiger partial charge in [0.25, 0.3) is 0 Å². The van der Waals surface area contributed by atoms with E-state index in [-0.39, 0.29) is 0 Å². The van der Waals surface area contributed by atoms with Crippen molar-refractivity contribution in [2.45, 2.75) is 80.7 Å². The molecule has 0 bridgehead atoms. The van der Waals surface area contributed by atoms with Crippen molar-refractivity contribution in [1.82, 2.24) is 15.0 Å². The lowest BCUT2D eigenvalue weighted by molar-refractivity contribution is 0.344. The Kier molecular flexibility index (Phi) is 9.43. The highest BCUT2D eigenvalue weighted by molar-refractivity contribution is 14.1. The lowest BCUT2D eigenvalue weighted by Gasteiger charge is -2.28. The molecule has 2 fully saturated rings. The topological polar surface area (TPSA) is 110 Å². The summed E-state index contributed by atoms with van der Waals surface area (Å²) in [6.45, 7) is 0.781. The van der Waals surface area contributed by atoms with E-state index in [0.29, 0.717) is 35.8 Å². The number of anilines is 4. The molecule has 1 aromatic carbocycles. The van der Waals surface area contributed by atoms with Crippen molar-refractivity contribution >= 4 is 46.1 Å². The summed E-state index contributed by atoms with van der Waals surface area (Å²) in [5.41, 5.74) is 7.95. The highest BCUT2D eigenvalue weighted by atomic mass is 127. The van der Waals surface area contributed by atoms with Gasteiger partial charge in [0.05, 0.1) is 7.11 Å². The second-order valence-corrected chi connectivity index (χ2v) is 10.3. The van der Waals surface area contributed by atoms with Gasteiger partial charge in [-0.2, -0.15) is 15.0 Å². The smallest absolute Gasteiger partial charge is 0.233 e. The molecule has 5 N–H and O–H groups in total. The fourth-order valence-electron chi connectivity index (χ4n) is 4.98. The van der Waals surface area contributed by atoms with Gasteiger partial charge in [0, 0.05) is 27.8 Å². The number of methoxy groups -OCH3 is 1. The highest BCUT2D eigenvalue weighted by Gasteiger charge is 2.22. The molecule has 2 saturated carbocycles. The maximum Gasteiger partial charge on any atom is 0.233 e. The quantitative estimate of drug-likeness (QED) is 0.172. The summed E-state index contributed by atoms with van der Waals surface area (Å²) in [5, 5.41) is 10.6. The molecule has 34 heavy (non-hydrogen) atoms. The van der Waals surface area contributed by atoms with Crippen LogP contribution in [0.2, 0.25) is 0 Å². The Morgan fingerprint density at radius 2 is 1.50 bits per heavy atom. The molecule has 2 aliphatic carbocycles. The monoisotopic (exact) mass is 579 g/mol. The van der Waals surface area contributed by atoms with Crippen LogP contribution in [0.5, 0.6) is 5.75 Å². The van der Waals surface area contributed by atoms with Crippen LogP contribution in [-0.2, 0) is 4.43 Å². The first-order valence-electron chi connectivity index (χ1n) is 12.7. The van der Waals surface area contributed by atoms with E-state index in [9.17, 15) is 0 Å². The molecular weight excluding hydrogens is 541 g/mol. The molecule has 0 radical (unpaired) electrons. The first-order chi connectivity index (χ1) is 16.7. The standard InChI is InChI=1S/C25H38IN7O/c1-34-22-13-12-21(14-18(22)15-26)30-25-32-23(28-19-6-4-2-3-5-7-19)31-24(33-25)29-20-10-8-17(16-27)9-11-20/h12-14,17,19-20H,2-11,15-16,27H2,1H3,(H3,28,29,30,31,32,33). The van der Waals surface area contributed by atoms with Gasteiger partial charge in [-0.15, -0.1) is 0 Å². The summed E-state index contributed by atoms with van der Waals surface area (Å²) in [6, 6.07) is 6.86. The third-order valence-electron chi connectivity index (χ3n) is 7.02. The molecule has 0 unspecified atom stereocenters. The number of halogens is 1. The maximum atomic E-state index is 5.87. The summed E-state index contributed by atoms with van der Waals surface area (Å²) in [7, 11) is 1.70. The second kappa shape index (κ2) is 12.7. The van der Waals surface area contributed by atoms with Crippen molar-refractivity contribution in [3.8, 4) is 5.75 Å². The lowest BCUT2D eigenvalue weighted by atomic mass is 9.86. The number of nitrogens with two attached hydrogens (primary N) is 1. The van der Waals surface area contributed by atoms with Gasteiger partial charge in [0.15, 0.2) is 0 Å². The van der Waals surface area contributed by atoms with Crippen LogP contribution in [-0.4, -0.2) is 40.7 Å². The molecule has 0 amide bonds. The Balaban J connectivity index is 1.53. The number of hydrogen-bond donors (Lipinski definition) is 4. The molecule has 8 nitrogen and oxygen atoms in total. The Morgan fingerprint density at radius 1 is 0.882 bits per heavy atom. The van der Waals surface area contributed by atoms with E-state index in [1.807, 2.05) is 12.1 Å². The van der Waals surface area contributed by atoms with Crippen molar-refractivity contribution in [3.05, 3.63) is 23.8 Å². The molecule has 0 spiro atoms. The van der Waals surface area contributed by atoms with Crippen molar-refractivity contribution in [2.75, 3.05) is 29.6 Å². The first kappa shape index (κ1) is 25.2. The van der Waals surface area contributed by atoms with E-state index >= 15 is 0 Å². The van der Waals surface area contributed by atoms with E-state index in [0.717, 1.165) is 66.5 Å². The minimum absolute atomic E-state index is 0.371. The van der Waals surface area contributed by atoms with Crippen molar-refractivity contribution in [1.29, 1.82) is 0 Å². The zero-order valence-corrected chi connectivity index (χ0v) is 22.3.